The monoisotopic (exact) mass is 284 g/mol. The summed E-state index contributed by atoms with van der Waals surface area (Å²) in [4.78, 5) is 0. The largest absolute Gasteiger partial charge is 0.417 e. The van der Waals surface area contributed by atoms with Crippen LogP contribution < -0.4 is 0 Å². The Kier molecular flexibility index (Phi) is 3.89. The van der Waals surface area contributed by atoms with E-state index in [-0.39, 0.29) is 4.47 Å². The summed E-state index contributed by atoms with van der Waals surface area (Å²) >= 11 is 4.39. The summed E-state index contributed by atoms with van der Waals surface area (Å²) in [6.45, 7) is 0. The van der Waals surface area contributed by atoms with Gasteiger partial charge in [-0.3, -0.25) is 0 Å². The van der Waals surface area contributed by atoms with Crippen molar-refractivity contribution in [1.82, 2.24) is 0 Å². The molecule has 0 aromatic heterocycles. The lowest BCUT2D eigenvalue weighted by atomic mass is 10.1. The molecule has 1 rings (SSSR count). The molecule has 0 saturated heterocycles. The normalized spacial score (nSPS) is 11.8. The first-order chi connectivity index (χ1) is 6.45. The van der Waals surface area contributed by atoms with E-state index < -0.39 is 11.7 Å². The van der Waals surface area contributed by atoms with E-state index in [4.69, 9.17) is 0 Å². The SMILES string of the molecule is CSCc1ccc(Br)c(C(F)(F)F)c1. The predicted molar refractivity (Wildman–Crippen MR) is 56.4 cm³/mol. The Balaban J connectivity index is 3.09. The van der Waals surface area contributed by atoms with Crippen LogP contribution in [-0.2, 0) is 11.9 Å². The zero-order chi connectivity index (χ0) is 10.8. The first-order valence-corrected chi connectivity index (χ1v) is 5.98. The second-order valence-electron chi connectivity index (χ2n) is 2.74. The lowest BCUT2D eigenvalue weighted by Gasteiger charge is -2.10. The molecule has 0 bridgehead atoms. The van der Waals surface area contributed by atoms with E-state index in [0.717, 1.165) is 0 Å². The van der Waals surface area contributed by atoms with Gasteiger partial charge in [0.2, 0.25) is 0 Å². The third-order valence-corrected chi connectivity index (χ3v) is 2.96. The fraction of sp³-hybridized carbons (Fsp3) is 0.333. The summed E-state index contributed by atoms with van der Waals surface area (Å²) in [5, 5.41) is 0. The van der Waals surface area contributed by atoms with Gasteiger partial charge in [-0.05, 0) is 24.0 Å². The van der Waals surface area contributed by atoms with Gasteiger partial charge in [0, 0.05) is 10.2 Å². The van der Waals surface area contributed by atoms with E-state index in [1.165, 1.54) is 23.9 Å². The second kappa shape index (κ2) is 4.57. The molecule has 0 unspecified atom stereocenters. The highest BCUT2D eigenvalue weighted by molar-refractivity contribution is 9.10. The molecule has 5 heteroatoms. The molecule has 0 N–H and O–H groups in total. The van der Waals surface area contributed by atoms with E-state index in [0.29, 0.717) is 11.3 Å². The van der Waals surface area contributed by atoms with Crippen molar-refractivity contribution in [2.45, 2.75) is 11.9 Å². The highest BCUT2D eigenvalue weighted by atomic mass is 79.9. The average Bonchev–Trinajstić information content (AvgIpc) is 2.07. The van der Waals surface area contributed by atoms with Gasteiger partial charge < -0.3 is 0 Å². The van der Waals surface area contributed by atoms with Crippen molar-refractivity contribution in [3.63, 3.8) is 0 Å². The summed E-state index contributed by atoms with van der Waals surface area (Å²) in [7, 11) is 0. The van der Waals surface area contributed by atoms with Crippen LogP contribution >= 0.6 is 27.7 Å². The standard InChI is InChI=1S/C9H8BrF3S/c1-14-5-6-2-3-8(10)7(4-6)9(11,12)13/h2-4H,5H2,1H3. The average molecular weight is 285 g/mol. The predicted octanol–water partition coefficient (Wildman–Crippen LogP) is 4.33. The number of hydrogen-bond acceptors (Lipinski definition) is 1. The fourth-order valence-electron chi connectivity index (χ4n) is 1.05. The maximum absolute atomic E-state index is 12.4. The van der Waals surface area contributed by atoms with Crippen molar-refractivity contribution in [2.75, 3.05) is 6.26 Å². The molecule has 0 radical (unpaired) electrons. The Morgan fingerprint density at radius 2 is 2.00 bits per heavy atom. The van der Waals surface area contributed by atoms with E-state index in [9.17, 15) is 13.2 Å². The Hall–Kier alpha value is -0.160. The first kappa shape index (κ1) is 11.9. The number of halogens is 4. The number of alkyl halides is 3. The maximum Gasteiger partial charge on any atom is 0.417 e. The molecule has 0 saturated carbocycles. The van der Waals surface area contributed by atoms with Gasteiger partial charge in [-0.2, -0.15) is 24.9 Å². The molecule has 1 aromatic rings. The van der Waals surface area contributed by atoms with Gasteiger partial charge in [-0.15, -0.1) is 0 Å². The van der Waals surface area contributed by atoms with Crippen molar-refractivity contribution in [3.05, 3.63) is 33.8 Å². The zero-order valence-electron chi connectivity index (χ0n) is 7.36. The van der Waals surface area contributed by atoms with E-state index in [1.54, 1.807) is 6.07 Å². The Labute approximate surface area is 93.0 Å². The molecule has 0 fully saturated rings. The Bertz CT molecular complexity index is 322. The maximum atomic E-state index is 12.4. The molecule has 0 aliphatic carbocycles. The van der Waals surface area contributed by atoms with Crippen molar-refractivity contribution in [1.29, 1.82) is 0 Å². The Morgan fingerprint density at radius 1 is 1.36 bits per heavy atom. The minimum absolute atomic E-state index is 0.0925. The lowest BCUT2D eigenvalue weighted by Crippen LogP contribution is -2.06. The van der Waals surface area contributed by atoms with E-state index in [2.05, 4.69) is 15.9 Å². The summed E-state index contributed by atoms with van der Waals surface area (Å²) in [5.74, 6) is 0.594. The zero-order valence-corrected chi connectivity index (χ0v) is 9.76. The van der Waals surface area contributed by atoms with Crippen molar-refractivity contribution in [2.24, 2.45) is 0 Å². The van der Waals surface area contributed by atoms with Gasteiger partial charge in [0.15, 0.2) is 0 Å². The summed E-state index contributed by atoms with van der Waals surface area (Å²) in [6, 6.07) is 4.31. The van der Waals surface area contributed by atoms with Crippen LogP contribution in [0.25, 0.3) is 0 Å². The summed E-state index contributed by atoms with van der Waals surface area (Å²) < 4.78 is 37.4. The third kappa shape index (κ3) is 2.92. The van der Waals surface area contributed by atoms with E-state index in [1.807, 2.05) is 6.26 Å². The highest BCUT2D eigenvalue weighted by Gasteiger charge is 2.32. The minimum atomic E-state index is -4.28. The quantitative estimate of drug-likeness (QED) is 0.779. The van der Waals surface area contributed by atoms with Crippen LogP contribution in [0.3, 0.4) is 0 Å². The smallest absolute Gasteiger partial charge is 0.166 e. The van der Waals surface area contributed by atoms with Crippen LogP contribution in [0.15, 0.2) is 22.7 Å². The van der Waals surface area contributed by atoms with Crippen LogP contribution in [0, 0.1) is 0 Å². The minimum Gasteiger partial charge on any atom is -0.166 e. The molecule has 14 heavy (non-hydrogen) atoms. The first-order valence-electron chi connectivity index (χ1n) is 3.79. The highest BCUT2D eigenvalue weighted by Crippen LogP contribution is 2.35. The molecule has 0 spiro atoms. The van der Waals surface area contributed by atoms with Crippen LogP contribution in [0.1, 0.15) is 11.1 Å². The molecule has 0 atom stereocenters. The van der Waals surface area contributed by atoms with Gasteiger partial charge in [-0.1, -0.05) is 22.0 Å². The molecule has 0 aliphatic heterocycles. The Morgan fingerprint density at radius 3 is 2.50 bits per heavy atom. The van der Waals surface area contributed by atoms with E-state index >= 15 is 0 Å². The molecule has 78 valence electrons. The van der Waals surface area contributed by atoms with Gasteiger partial charge in [0.05, 0.1) is 5.56 Å². The summed E-state index contributed by atoms with van der Waals surface area (Å²) in [6.07, 6.45) is -2.43. The topological polar surface area (TPSA) is 0 Å². The van der Waals surface area contributed by atoms with Gasteiger partial charge >= 0.3 is 6.18 Å². The molecule has 0 aliphatic rings. The van der Waals surface area contributed by atoms with Crippen molar-refractivity contribution < 1.29 is 13.2 Å². The molecule has 0 amide bonds. The van der Waals surface area contributed by atoms with Crippen LogP contribution in [0.4, 0.5) is 13.2 Å². The fourth-order valence-corrected chi connectivity index (χ4v) is 2.03. The number of thioether (sulfide) groups is 1. The summed E-state index contributed by atoms with van der Waals surface area (Å²) in [5.41, 5.74) is 0.0806. The number of benzene rings is 1. The van der Waals surface area contributed by atoms with Gasteiger partial charge in [0.1, 0.15) is 0 Å². The van der Waals surface area contributed by atoms with Crippen LogP contribution in [0.5, 0.6) is 0 Å². The lowest BCUT2D eigenvalue weighted by molar-refractivity contribution is -0.138. The molecular weight excluding hydrogens is 277 g/mol. The van der Waals surface area contributed by atoms with Crippen molar-refractivity contribution >= 4 is 27.7 Å². The third-order valence-electron chi connectivity index (χ3n) is 1.65. The van der Waals surface area contributed by atoms with Gasteiger partial charge in [0.25, 0.3) is 0 Å². The molecule has 0 heterocycles. The van der Waals surface area contributed by atoms with Crippen molar-refractivity contribution in [3.8, 4) is 0 Å². The number of hydrogen-bond donors (Lipinski definition) is 0. The molecule has 0 nitrogen and oxygen atoms in total. The second-order valence-corrected chi connectivity index (χ2v) is 4.47. The molecule has 1 aromatic carbocycles. The van der Waals surface area contributed by atoms with Gasteiger partial charge in [-0.25, -0.2) is 0 Å². The van der Waals surface area contributed by atoms with Crippen LogP contribution in [0.2, 0.25) is 0 Å². The number of rotatable bonds is 2. The molecular formula is C9H8BrF3S. The van der Waals surface area contributed by atoms with Crippen LogP contribution in [-0.4, -0.2) is 6.26 Å².